The highest BCUT2D eigenvalue weighted by molar-refractivity contribution is 5.93. The van der Waals surface area contributed by atoms with Crippen molar-refractivity contribution in [1.29, 1.82) is 0 Å². The number of ether oxygens (including phenoxy) is 2. The second-order valence-electron chi connectivity index (χ2n) is 6.68. The van der Waals surface area contributed by atoms with Crippen LogP contribution in [0.2, 0.25) is 0 Å². The van der Waals surface area contributed by atoms with Crippen molar-refractivity contribution in [2.24, 2.45) is 7.05 Å². The second kappa shape index (κ2) is 6.70. The molecular formula is C19H23N5O3. The van der Waals surface area contributed by atoms with Gasteiger partial charge in [-0.15, -0.1) is 0 Å². The molecule has 142 valence electrons. The number of rotatable bonds is 4. The van der Waals surface area contributed by atoms with Gasteiger partial charge in [0.05, 0.1) is 29.8 Å². The highest BCUT2D eigenvalue weighted by Crippen LogP contribution is 2.38. The zero-order valence-corrected chi connectivity index (χ0v) is 15.8. The molecule has 0 aliphatic carbocycles. The van der Waals surface area contributed by atoms with Crippen LogP contribution >= 0.6 is 0 Å². The summed E-state index contributed by atoms with van der Waals surface area (Å²) < 4.78 is 14.8. The zero-order chi connectivity index (χ0) is 19.1. The van der Waals surface area contributed by atoms with E-state index in [2.05, 4.69) is 16.7 Å². The van der Waals surface area contributed by atoms with Gasteiger partial charge in [-0.05, 0) is 38.3 Å². The molecule has 3 aromatic rings. The molecule has 0 bridgehead atoms. The summed E-state index contributed by atoms with van der Waals surface area (Å²) in [6, 6.07) is 1.89. The Bertz CT molecular complexity index is 1010. The van der Waals surface area contributed by atoms with Gasteiger partial charge in [-0.3, -0.25) is 0 Å². The number of hydrogen-bond acceptors (Lipinski definition) is 6. The van der Waals surface area contributed by atoms with E-state index in [0.29, 0.717) is 29.4 Å². The highest BCUT2D eigenvalue weighted by Gasteiger charge is 2.26. The van der Waals surface area contributed by atoms with Crippen LogP contribution in [-0.4, -0.2) is 43.4 Å². The summed E-state index contributed by atoms with van der Waals surface area (Å²) >= 11 is 0. The lowest BCUT2D eigenvalue weighted by Gasteiger charge is -2.23. The summed E-state index contributed by atoms with van der Waals surface area (Å²) in [7, 11) is 3.27. The summed E-state index contributed by atoms with van der Waals surface area (Å²) in [5.41, 5.74) is 3.34. The molecule has 27 heavy (non-hydrogen) atoms. The Hall–Kier alpha value is -2.87. The third-order valence-electron chi connectivity index (χ3n) is 4.94. The fraction of sp³-hybridized carbons (Fsp3) is 0.421. The largest absolute Gasteiger partial charge is 0.493 e. The summed E-state index contributed by atoms with van der Waals surface area (Å²) in [4.78, 5) is 4.64. The van der Waals surface area contributed by atoms with E-state index in [4.69, 9.17) is 14.6 Å². The third kappa shape index (κ3) is 2.76. The number of methoxy groups -OCH3 is 1. The van der Waals surface area contributed by atoms with Gasteiger partial charge in [0.25, 0.3) is 0 Å². The van der Waals surface area contributed by atoms with Crippen LogP contribution in [-0.2, 0) is 11.8 Å². The topological polar surface area (TPSA) is 87.2 Å². The lowest BCUT2D eigenvalue weighted by molar-refractivity contribution is -0.0369. The molecule has 0 spiro atoms. The normalized spacial score (nSPS) is 17.4. The molecule has 1 atom stereocenters. The van der Waals surface area contributed by atoms with Crippen LogP contribution in [0.15, 0.2) is 12.6 Å². The molecule has 1 fully saturated rings. The molecule has 1 unspecified atom stereocenters. The number of hydrogen-bond donors (Lipinski definition) is 1. The maximum absolute atomic E-state index is 10.4. The van der Waals surface area contributed by atoms with Crippen LogP contribution in [0.25, 0.3) is 28.2 Å². The molecule has 3 aromatic heterocycles. The molecule has 1 N–H and O–H groups in total. The molecule has 0 radical (unpaired) electrons. The number of fused-ring (bicyclic) bond motifs is 1. The van der Waals surface area contributed by atoms with E-state index in [1.807, 2.05) is 17.7 Å². The van der Waals surface area contributed by atoms with Gasteiger partial charge in [0, 0.05) is 19.0 Å². The summed E-state index contributed by atoms with van der Waals surface area (Å²) in [6.07, 6.45) is 4.60. The van der Waals surface area contributed by atoms with Crippen molar-refractivity contribution < 1.29 is 14.6 Å². The minimum atomic E-state index is -0.148. The molecule has 4 heterocycles. The van der Waals surface area contributed by atoms with Crippen molar-refractivity contribution in [3.05, 3.63) is 24.0 Å². The predicted octanol–water partition coefficient (Wildman–Crippen LogP) is 3.20. The number of aromatic nitrogens is 5. The SMILES string of the molecule is C=Cc1nn(C2CCCCO2)c2c(OC)nc(-c3c(C)nn(C)c3O)cc12. The average molecular weight is 369 g/mol. The van der Waals surface area contributed by atoms with Crippen molar-refractivity contribution >= 4 is 17.0 Å². The van der Waals surface area contributed by atoms with E-state index < -0.39 is 0 Å². The maximum Gasteiger partial charge on any atom is 0.240 e. The molecular weight excluding hydrogens is 346 g/mol. The first kappa shape index (κ1) is 17.5. The Morgan fingerprint density at radius 3 is 2.78 bits per heavy atom. The van der Waals surface area contributed by atoms with Gasteiger partial charge >= 0.3 is 0 Å². The van der Waals surface area contributed by atoms with Crippen molar-refractivity contribution in [3.8, 4) is 23.0 Å². The maximum atomic E-state index is 10.4. The van der Waals surface area contributed by atoms with Crippen molar-refractivity contribution in [1.82, 2.24) is 24.5 Å². The summed E-state index contributed by atoms with van der Waals surface area (Å²) in [5, 5.41) is 20.2. The van der Waals surface area contributed by atoms with Crippen LogP contribution in [0.3, 0.4) is 0 Å². The minimum Gasteiger partial charge on any atom is -0.493 e. The first-order valence-electron chi connectivity index (χ1n) is 8.99. The second-order valence-corrected chi connectivity index (χ2v) is 6.68. The predicted molar refractivity (Wildman–Crippen MR) is 102 cm³/mol. The molecule has 4 rings (SSSR count). The molecule has 1 aliphatic heterocycles. The van der Waals surface area contributed by atoms with Crippen molar-refractivity contribution in [2.75, 3.05) is 13.7 Å². The fourth-order valence-corrected chi connectivity index (χ4v) is 3.64. The Morgan fingerprint density at radius 2 is 2.19 bits per heavy atom. The number of pyridine rings is 1. The lowest BCUT2D eigenvalue weighted by Crippen LogP contribution is -2.19. The smallest absolute Gasteiger partial charge is 0.240 e. The highest BCUT2D eigenvalue weighted by atomic mass is 16.5. The number of aromatic hydroxyl groups is 1. The van der Waals surface area contributed by atoms with Gasteiger partial charge in [0.1, 0.15) is 5.52 Å². The number of nitrogens with zero attached hydrogens (tertiary/aromatic N) is 5. The molecule has 0 saturated carbocycles. The lowest BCUT2D eigenvalue weighted by atomic mass is 10.1. The van der Waals surface area contributed by atoms with Crippen molar-refractivity contribution in [2.45, 2.75) is 32.4 Å². The quantitative estimate of drug-likeness (QED) is 0.760. The van der Waals surface area contributed by atoms with Crippen LogP contribution in [0.1, 0.15) is 36.9 Å². The van der Waals surface area contributed by atoms with Crippen LogP contribution in [0.5, 0.6) is 11.8 Å². The molecule has 1 saturated heterocycles. The van der Waals surface area contributed by atoms with E-state index in [9.17, 15) is 5.11 Å². The first-order chi connectivity index (χ1) is 13.0. The Kier molecular flexibility index (Phi) is 4.35. The molecule has 8 heteroatoms. The van der Waals surface area contributed by atoms with E-state index in [0.717, 1.165) is 35.9 Å². The van der Waals surface area contributed by atoms with Gasteiger partial charge in [0.15, 0.2) is 6.23 Å². The van der Waals surface area contributed by atoms with E-state index in [1.54, 1.807) is 20.2 Å². The standard InChI is InChI=1S/C19H23N5O3/c1-5-13-12-10-14(16-11(2)21-23(3)19(16)25)20-18(26-4)17(12)24(22-13)15-8-6-7-9-27-15/h5,10,15,25H,1,6-9H2,2-4H3. The van der Waals surface area contributed by atoms with Crippen LogP contribution < -0.4 is 4.74 Å². The van der Waals surface area contributed by atoms with Gasteiger partial charge in [0.2, 0.25) is 11.8 Å². The summed E-state index contributed by atoms with van der Waals surface area (Å²) in [5.74, 6) is 0.490. The average Bonchev–Trinajstić information content (AvgIpc) is 3.18. The van der Waals surface area contributed by atoms with Gasteiger partial charge in [-0.2, -0.15) is 10.2 Å². The molecule has 8 nitrogen and oxygen atoms in total. The molecule has 1 aliphatic rings. The number of aryl methyl sites for hydroxylation is 2. The summed E-state index contributed by atoms with van der Waals surface area (Å²) in [6.45, 7) is 6.44. The fourth-order valence-electron chi connectivity index (χ4n) is 3.64. The van der Waals surface area contributed by atoms with E-state index in [1.165, 1.54) is 4.68 Å². The minimum absolute atomic E-state index is 0.0598. The Morgan fingerprint density at radius 1 is 1.37 bits per heavy atom. The molecule has 0 amide bonds. The first-order valence-corrected chi connectivity index (χ1v) is 8.99. The molecule has 0 aromatic carbocycles. The monoisotopic (exact) mass is 369 g/mol. The Labute approximate surface area is 157 Å². The van der Waals surface area contributed by atoms with Crippen LogP contribution in [0.4, 0.5) is 0 Å². The van der Waals surface area contributed by atoms with Gasteiger partial charge < -0.3 is 14.6 Å². The Balaban J connectivity index is 1.97. The third-order valence-corrected chi connectivity index (χ3v) is 4.94. The van der Waals surface area contributed by atoms with Crippen LogP contribution in [0, 0.1) is 6.92 Å². The zero-order valence-electron chi connectivity index (χ0n) is 15.8. The van der Waals surface area contributed by atoms with Crippen molar-refractivity contribution in [3.63, 3.8) is 0 Å². The van der Waals surface area contributed by atoms with Gasteiger partial charge in [-0.1, -0.05) is 6.58 Å². The van der Waals surface area contributed by atoms with Gasteiger partial charge in [-0.25, -0.2) is 14.3 Å². The van der Waals surface area contributed by atoms with E-state index >= 15 is 0 Å². The van der Waals surface area contributed by atoms with E-state index in [-0.39, 0.29) is 12.1 Å².